The highest BCUT2D eigenvalue weighted by Crippen LogP contribution is 2.25. The Labute approximate surface area is 157 Å². The summed E-state index contributed by atoms with van der Waals surface area (Å²) in [6.07, 6.45) is 1.65. The van der Waals surface area contributed by atoms with E-state index in [1.807, 2.05) is 38.1 Å². The van der Waals surface area contributed by atoms with Gasteiger partial charge in [-0.15, -0.1) is 0 Å². The fourth-order valence-corrected chi connectivity index (χ4v) is 3.01. The molecule has 0 aliphatic rings. The summed E-state index contributed by atoms with van der Waals surface area (Å²) in [6, 6.07) is 8.99. The van der Waals surface area contributed by atoms with Crippen LogP contribution in [0.2, 0.25) is 0 Å². The lowest BCUT2D eigenvalue weighted by Crippen LogP contribution is -2.50. The maximum Gasteiger partial charge on any atom is 0.270 e. The van der Waals surface area contributed by atoms with Crippen LogP contribution in [0, 0.1) is 5.92 Å². The summed E-state index contributed by atoms with van der Waals surface area (Å²) in [7, 11) is 1.57. The molecule has 1 unspecified atom stereocenters. The van der Waals surface area contributed by atoms with Gasteiger partial charge >= 0.3 is 0 Å². The van der Waals surface area contributed by atoms with Crippen LogP contribution in [0.4, 0.5) is 0 Å². The fraction of sp³-hybridized carbons (Fsp3) is 0.350. The number of carbonyl (C=O) groups is 2. The first-order chi connectivity index (χ1) is 13.0. The second-order valence-electron chi connectivity index (χ2n) is 6.76. The van der Waals surface area contributed by atoms with Crippen LogP contribution in [-0.2, 0) is 9.53 Å². The molecule has 0 radical (unpaired) electrons. The van der Waals surface area contributed by atoms with Crippen molar-refractivity contribution in [2.75, 3.05) is 20.3 Å². The Morgan fingerprint density at radius 2 is 1.96 bits per heavy atom. The SMILES string of the molecule is COCCNC(=O)C(NC(=O)c1cc2c(cn1)[nH]c1ccccc12)C(C)C. The van der Waals surface area contributed by atoms with E-state index in [0.29, 0.717) is 13.2 Å². The number of methoxy groups -OCH3 is 1. The highest BCUT2D eigenvalue weighted by atomic mass is 16.5. The number of fused-ring (bicyclic) bond motifs is 3. The number of benzene rings is 1. The summed E-state index contributed by atoms with van der Waals surface area (Å²) in [5.74, 6) is -0.667. The number of ether oxygens (including phenoxy) is 1. The number of hydrogen-bond donors (Lipinski definition) is 3. The average Bonchev–Trinajstić information content (AvgIpc) is 3.03. The third-order valence-corrected chi connectivity index (χ3v) is 4.46. The van der Waals surface area contributed by atoms with Gasteiger partial charge in [-0.2, -0.15) is 0 Å². The summed E-state index contributed by atoms with van der Waals surface area (Å²) >= 11 is 0. The van der Waals surface area contributed by atoms with Crippen molar-refractivity contribution in [3.63, 3.8) is 0 Å². The summed E-state index contributed by atoms with van der Waals surface area (Å²) in [5.41, 5.74) is 2.14. The van der Waals surface area contributed by atoms with Crippen LogP contribution >= 0.6 is 0 Å². The molecule has 3 aromatic rings. The largest absolute Gasteiger partial charge is 0.383 e. The third kappa shape index (κ3) is 4.09. The molecule has 7 nitrogen and oxygen atoms in total. The Balaban J connectivity index is 1.81. The number of para-hydroxylation sites is 1. The van der Waals surface area contributed by atoms with Crippen molar-refractivity contribution < 1.29 is 14.3 Å². The van der Waals surface area contributed by atoms with Crippen molar-refractivity contribution in [2.45, 2.75) is 19.9 Å². The smallest absolute Gasteiger partial charge is 0.270 e. The van der Waals surface area contributed by atoms with Crippen LogP contribution in [-0.4, -0.2) is 48.1 Å². The number of amides is 2. The molecule has 0 aliphatic carbocycles. The van der Waals surface area contributed by atoms with Crippen molar-refractivity contribution in [2.24, 2.45) is 5.92 Å². The molecule has 0 saturated heterocycles. The molecule has 2 aromatic heterocycles. The Kier molecular flexibility index (Phi) is 5.71. The van der Waals surface area contributed by atoms with Crippen LogP contribution < -0.4 is 10.6 Å². The van der Waals surface area contributed by atoms with E-state index in [1.165, 1.54) is 0 Å². The number of pyridine rings is 1. The second kappa shape index (κ2) is 8.18. The maximum absolute atomic E-state index is 12.7. The van der Waals surface area contributed by atoms with Gasteiger partial charge in [0.2, 0.25) is 5.91 Å². The molecular formula is C20H24N4O3. The minimum absolute atomic E-state index is 0.0617. The Bertz CT molecular complexity index is 964. The van der Waals surface area contributed by atoms with E-state index in [1.54, 1.807) is 19.4 Å². The highest BCUT2D eigenvalue weighted by molar-refractivity contribution is 6.09. The monoisotopic (exact) mass is 368 g/mol. The molecule has 0 bridgehead atoms. The average molecular weight is 368 g/mol. The first-order valence-corrected chi connectivity index (χ1v) is 8.95. The molecule has 7 heteroatoms. The molecule has 142 valence electrons. The number of nitrogens with one attached hydrogen (secondary N) is 3. The van der Waals surface area contributed by atoms with Gasteiger partial charge in [0.15, 0.2) is 0 Å². The van der Waals surface area contributed by atoms with Gasteiger partial charge in [0.1, 0.15) is 11.7 Å². The first-order valence-electron chi connectivity index (χ1n) is 8.95. The van der Waals surface area contributed by atoms with E-state index in [2.05, 4.69) is 20.6 Å². The molecule has 1 atom stereocenters. The normalized spacial score (nSPS) is 12.4. The van der Waals surface area contributed by atoms with E-state index in [0.717, 1.165) is 21.8 Å². The number of carbonyl (C=O) groups excluding carboxylic acids is 2. The molecule has 0 saturated carbocycles. The van der Waals surface area contributed by atoms with Gasteiger partial charge in [0.05, 0.1) is 18.3 Å². The molecule has 0 aliphatic heterocycles. The van der Waals surface area contributed by atoms with Crippen LogP contribution in [0.25, 0.3) is 21.8 Å². The van der Waals surface area contributed by atoms with Gasteiger partial charge in [0.25, 0.3) is 5.91 Å². The van der Waals surface area contributed by atoms with Crippen molar-refractivity contribution >= 4 is 33.6 Å². The number of rotatable bonds is 7. The predicted molar refractivity (Wildman–Crippen MR) is 105 cm³/mol. The molecule has 3 rings (SSSR count). The lowest BCUT2D eigenvalue weighted by molar-refractivity contribution is -0.124. The number of aromatic nitrogens is 2. The van der Waals surface area contributed by atoms with Gasteiger partial charge in [-0.1, -0.05) is 32.0 Å². The van der Waals surface area contributed by atoms with E-state index < -0.39 is 6.04 Å². The third-order valence-electron chi connectivity index (χ3n) is 4.46. The molecule has 27 heavy (non-hydrogen) atoms. The van der Waals surface area contributed by atoms with Gasteiger partial charge in [-0.3, -0.25) is 9.59 Å². The summed E-state index contributed by atoms with van der Waals surface area (Å²) in [4.78, 5) is 32.6. The van der Waals surface area contributed by atoms with Gasteiger partial charge < -0.3 is 20.4 Å². The molecule has 0 fully saturated rings. The van der Waals surface area contributed by atoms with E-state index in [9.17, 15) is 9.59 Å². The number of H-pyrrole nitrogens is 1. The van der Waals surface area contributed by atoms with E-state index in [4.69, 9.17) is 4.74 Å². The molecule has 3 N–H and O–H groups in total. The zero-order chi connectivity index (χ0) is 19.4. The van der Waals surface area contributed by atoms with Crippen LogP contribution in [0.15, 0.2) is 36.5 Å². The van der Waals surface area contributed by atoms with Crippen molar-refractivity contribution in [3.05, 3.63) is 42.2 Å². The Morgan fingerprint density at radius 1 is 1.19 bits per heavy atom. The van der Waals surface area contributed by atoms with Gasteiger partial charge in [0, 0.05) is 29.9 Å². The lowest BCUT2D eigenvalue weighted by Gasteiger charge is -2.21. The lowest BCUT2D eigenvalue weighted by atomic mass is 10.0. The van der Waals surface area contributed by atoms with Crippen molar-refractivity contribution in [3.8, 4) is 0 Å². The highest BCUT2D eigenvalue weighted by Gasteiger charge is 2.25. The Hall–Kier alpha value is -2.93. The molecule has 1 aromatic carbocycles. The minimum Gasteiger partial charge on any atom is -0.383 e. The van der Waals surface area contributed by atoms with Gasteiger partial charge in [-0.25, -0.2) is 4.98 Å². The van der Waals surface area contributed by atoms with Crippen LogP contribution in [0.1, 0.15) is 24.3 Å². The maximum atomic E-state index is 12.7. The van der Waals surface area contributed by atoms with Gasteiger partial charge in [-0.05, 0) is 18.1 Å². The predicted octanol–water partition coefficient (Wildman–Crippen LogP) is 2.23. The number of nitrogens with zero attached hydrogens (tertiary/aromatic N) is 1. The molecular weight excluding hydrogens is 344 g/mol. The second-order valence-corrected chi connectivity index (χ2v) is 6.76. The molecule has 2 heterocycles. The van der Waals surface area contributed by atoms with E-state index >= 15 is 0 Å². The van der Waals surface area contributed by atoms with Crippen molar-refractivity contribution in [1.82, 2.24) is 20.6 Å². The summed E-state index contributed by atoms with van der Waals surface area (Å²) < 4.78 is 4.94. The first kappa shape index (κ1) is 18.8. The zero-order valence-corrected chi connectivity index (χ0v) is 15.7. The topological polar surface area (TPSA) is 96.1 Å². The van der Waals surface area contributed by atoms with Crippen LogP contribution in [0.5, 0.6) is 0 Å². The minimum atomic E-state index is -0.644. The van der Waals surface area contributed by atoms with E-state index in [-0.39, 0.29) is 23.4 Å². The summed E-state index contributed by atoms with van der Waals surface area (Å²) in [5, 5.41) is 7.52. The summed E-state index contributed by atoms with van der Waals surface area (Å²) in [6.45, 7) is 4.59. The van der Waals surface area contributed by atoms with Crippen LogP contribution in [0.3, 0.4) is 0 Å². The molecule has 0 spiro atoms. The fourth-order valence-electron chi connectivity index (χ4n) is 3.01. The van der Waals surface area contributed by atoms with Crippen molar-refractivity contribution in [1.29, 1.82) is 0 Å². The standard InChI is InChI=1S/C20H24N4O3/c1-12(2)18(20(26)21-8-9-27-3)24-19(25)16-10-14-13-6-4-5-7-15(13)23-17(14)11-22-16/h4-7,10-12,18,23H,8-9H2,1-3H3,(H,21,26)(H,24,25). The zero-order valence-electron chi connectivity index (χ0n) is 15.7. The number of aromatic amines is 1. The quantitative estimate of drug-likeness (QED) is 0.557. The Morgan fingerprint density at radius 3 is 2.70 bits per heavy atom. The number of hydrogen-bond acceptors (Lipinski definition) is 4. The molecule has 2 amide bonds.